The second-order valence-electron chi connectivity index (χ2n) is 5.80. The quantitative estimate of drug-likeness (QED) is 0.667. The van der Waals surface area contributed by atoms with Crippen molar-refractivity contribution in [3.05, 3.63) is 65.9 Å². The smallest absolute Gasteiger partial charge is 0.224 e. The highest BCUT2D eigenvalue weighted by atomic mass is 16.5. The second-order valence-corrected chi connectivity index (χ2v) is 5.80. The summed E-state index contributed by atoms with van der Waals surface area (Å²) in [6, 6.07) is 15.7. The third kappa shape index (κ3) is 4.42. The van der Waals surface area contributed by atoms with Crippen molar-refractivity contribution in [2.75, 3.05) is 24.9 Å². The largest absolute Gasteiger partial charge is 0.497 e. The lowest BCUT2D eigenvalue weighted by Gasteiger charge is -2.13. The Labute approximate surface area is 153 Å². The Kier molecular flexibility index (Phi) is 5.53. The number of nitrogens with zero attached hydrogens (tertiary/aromatic N) is 2. The van der Waals surface area contributed by atoms with E-state index in [-0.39, 0.29) is 0 Å². The zero-order chi connectivity index (χ0) is 18.4. The van der Waals surface area contributed by atoms with Crippen molar-refractivity contribution in [2.45, 2.75) is 13.5 Å². The first kappa shape index (κ1) is 17.5. The van der Waals surface area contributed by atoms with E-state index in [9.17, 15) is 0 Å². The fraction of sp³-hybridized carbons (Fsp3) is 0.200. The lowest BCUT2D eigenvalue weighted by Crippen LogP contribution is -2.05. The Hall–Kier alpha value is -3.28. The summed E-state index contributed by atoms with van der Waals surface area (Å²) >= 11 is 0. The number of hydrogen-bond donors (Lipinski definition) is 2. The van der Waals surface area contributed by atoms with Gasteiger partial charge in [-0.25, -0.2) is 4.98 Å². The molecule has 3 rings (SSSR count). The minimum absolute atomic E-state index is 0.553. The van der Waals surface area contributed by atoms with Gasteiger partial charge in [0.2, 0.25) is 5.95 Å². The molecule has 0 fully saturated rings. The molecule has 0 radical (unpaired) electrons. The minimum Gasteiger partial charge on any atom is -0.497 e. The van der Waals surface area contributed by atoms with Crippen molar-refractivity contribution in [1.82, 2.24) is 9.97 Å². The van der Waals surface area contributed by atoms with Gasteiger partial charge in [-0.3, -0.25) is 0 Å². The Morgan fingerprint density at radius 2 is 1.77 bits per heavy atom. The lowest BCUT2D eigenvalue weighted by molar-refractivity contribution is 0.405. The van der Waals surface area contributed by atoms with Crippen LogP contribution in [0.4, 0.5) is 17.5 Å². The van der Waals surface area contributed by atoms with Crippen molar-refractivity contribution in [1.29, 1.82) is 0 Å². The molecule has 134 valence electrons. The van der Waals surface area contributed by atoms with Gasteiger partial charge in [0.1, 0.15) is 17.3 Å². The molecular weight excluding hydrogens is 328 g/mol. The molecule has 1 heterocycles. The molecule has 0 aliphatic rings. The van der Waals surface area contributed by atoms with Crippen LogP contribution >= 0.6 is 0 Å². The van der Waals surface area contributed by atoms with Crippen LogP contribution in [0.15, 0.2) is 54.7 Å². The molecule has 0 atom stereocenters. The molecule has 1 aromatic heterocycles. The number of rotatable bonds is 7. The van der Waals surface area contributed by atoms with Gasteiger partial charge in [0.05, 0.1) is 19.9 Å². The van der Waals surface area contributed by atoms with E-state index in [1.54, 1.807) is 26.5 Å². The van der Waals surface area contributed by atoms with E-state index in [1.165, 1.54) is 11.1 Å². The number of hydrogen-bond acceptors (Lipinski definition) is 6. The standard InChI is InChI=1S/C20H22N4O2/c1-14-4-6-15(7-5-14)13-22-20-21-11-10-19(24-20)23-17-12-16(25-2)8-9-18(17)26-3/h4-12H,13H2,1-3H3,(H2,21,22,23,24). The van der Waals surface area contributed by atoms with Crippen molar-refractivity contribution < 1.29 is 9.47 Å². The van der Waals surface area contributed by atoms with Gasteiger partial charge in [-0.2, -0.15) is 4.98 Å². The summed E-state index contributed by atoms with van der Waals surface area (Å²) in [7, 11) is 3.25. The van der Waals surface area contributed by atoms with Gasteiger partial charge in [-0.05, 0) is 30.7 Å². The first-order chi connectivity index (χ1) is 12.7. The molecule has 2 aromatic carbocycles. The average Bonchev–Trinajstić information content (AvgIpc) is 2.68. The number of nitrogens with one attached hydrogen (secondary N) is 2. The van der Waals surface area contributed by atoms with E-state index >= 15 is 0 Å². The number of methoxy groups -OCH3 is 2. The summed E-state index contributed by atoms with van der Waals surface area (Å²) in [6.45, 7) is 2.73. The predicted molar refractivity (Wildman–Crippen MR) is 103 cm³/mol. The number of aryl methyl sites for hydroxylation is 1. The normalized spacial score (nSPS) is 10.3. The maximum atomic E-state index is 5.39. The van der Waals surface area contributed by atoms with Gasteiger partial charge in [0.15, 0.2) is 0 Å². The highest BCUT2D eigenvalue weighted by Crippen LogP contribution is 2.31. The summed E-state index contributed by atoms with van der Waals surface area (Å²) in [5.74, 6) is 2.66. The number of anilines is 3. The molecule has 0 unspecified atom stereocenters. The summed E-state index contributed by atoms with van der Waals surface area (Å²) in [6.07, 6.45) is 1.71. The molecule has 0 saturated heterocycles. The van der Waals surface area contributed by atoms with Gasteiger partial charge < -0.3 is 20.1 Å². The molecular formula is C20H22N4O2. The third-order valence-electron chi connectivity index (χ3n) is 3.90. The third-order valence-corrected chi connectivity index (χ3v) is 3.90. The summed E-state index contributed by atoms with van der Waals surface area (Å²) in [4.78, 5) is 8.77. The van der Waals surface area contributed by atoms with E-state index in [1.807, 2.05) is 18.2 Å². The molecule has 6 heteroatoms. The van der Waals surface area contributed by atoms with Crippen LogP contribution in [0.5, 0.6) is 11.5 Å². The van der Waals surface area contributed by atoms with Gasteiger partial charge in [-0.15, -0.1) is 0 Å². The zero-order valence-corrected chi connectivity index (χ0v) is 15.1. The van der Waals surface area contributed by atoms with Crippen molar-refractivity contribution in [3.63, 3.8) is 0 Å². The minimum atomic E-state index is 0.553. The number of ether oxygens (including phenoxy) is 2. The van der Waals surface area contributed by atoms with Crippen LogP contribution in [-0.2, 0) is 6.54 Å². The predicted octanol–water partition coefficient (Wildman–Crippen LogP) is 4.16. The Bertz CT molecular complexity index is 866. The zero-order valence-electron chi connectivity index (χ0n) is 15.1. The first-order valence-electron chi connectivity index (χ1n) is 8.29. The highest BCUT2D eigenvalue weighted by molar-refractivity contribution is 5.66. The van der Waals surface area contributed by atoms with Crippen LogP contribution in [0.3, 0.4) is 0 Å². The van der Waals surface area contributed by atoms with Crippen molar-refractivity contribution in [2.24, 2.45) is 0 Å². The molecule has 26 heavy (non-hydrogen) atoms. The molecule has 0 bridgehead atoms. The van der Waals surface area contributed by atoms with Crippen LogP contribution in [0.25, 0.3) is 0 Å². The van der Waals surface area contributed by atoms with Gasteiger partial charge >= 0.3 is 0 Å². The van der Waals surface area contributed by atoms with Crippen molar-refractivity contribution >= 4 is 17.5 Å². The maximum Gasteiger partial charge on any atom is 0.224 e. The highest BCUT2D eigenvalue weighted by Gasteiger charge is 2.07. The fourth-order valence-electron chi connectivity index (χ4n) is 2.45. The topological polar surface area (TPSA) is 68.3 Å². The Morgan fingerprint density at radius 1 is 0.962 bits per heavy atom. The van der Waals surface area contributed by atoms with E-state index < -0.39 is 0 Å². The van der Waals surface area contributed by atoms with Crippen LogP contribution in [-0.4, -0.2) is 24.2 Å². The first-order valence-corrected chi connectivity index (χ1v) is 8.29. The van der Waals surface area contributed by atoms with Crippen molar-refractivity contribution in [3.8, 4) is 11.5 Å². The number of aromatic nitrogens is 2. The molecule has 0 aliphatic heterocycles. The van der Waals surface area contributed by atoms with Crippen LogP contribution in [0.1, 0.15) is 11.1 Å². The summed E-state index contributed by atoms with van der Waals surface area (Å²) in [5, 5.41) is 6.49. The van der Waals surface area contributed by atoms with Crippen LogP contribution in [0, 0.1) is 6.92 Å². The second kappa shape index (κ2) is 8.20. The van der Waals surface area contributed by atoms with Crippen LogP contribution < -0.4 is 20.1 Å². The Balaban J connectivity index is 1.72. The van der Waals surface area contributed by atoms with E-state index in [0.29, 0.717) is 24.1 Å². The maximum absolute atomic E-state index is 5.39. The molecule has 0 amide bonds. The molecule has 0 saturated carbocycles. The van der Waals surface area contributed by atoms with Crippen LogP contribution in [0.2, 0.25) is 0 Å². The van der Waals surface area contributed by atoms with Gasteiger partial charge in [0.25, 0.3) is 0 Å². The lowest BCUT2D eigenvalue weighted by atomic mass is 10.1. The fourth-order valence-corrected chi connectivity index (χ4v) is 2.45. The van der Waals surface area contributed by atoms with E-state index in [4.69, 9.17) is 9.47 Å². The molecule has 0 spiro atoms. The number of benzene rings is 2. The summed E-state index contributed by atoms with van der Waals surface area (Å²) < 4.78 is 10.7. The monoisotopic (exact) mass is 350 g/mol. The SMILES string of the molecule is COc1ccc(OC)c(Nc2ccnc(NCc3ccc(C)cc3)n2)c1. The molecule has 6 nitrogen and oxygen atoms in total. The average molecular weight is 350 g/mol. The van der Waals surface area contributed by atoms with Gasteiger partial charge in [-0.1, -0.05) is 29.8 Å². The van der Waals surface area contributed by atoms with Gasteiger partial charge in [0, 0.05) is 18.8 Å². The van der Waals surface area contributed by atoms with E-state index in [2.05, 4.69) is 51.8 Å². The molecule has 2 N–H and O–H groups in total. The summed E-state index contributed by atoms with van der Waals surface area (Å²) in [5.41, 5.74) is 3.19. The molecule has 0 aliphatic carbocycles. The van der Waals surface area contributed by atoms with E-state index in [0.717, 1.165) is 11.4 Å². The molecule has 3 aromatic rings. The Morgan fingerprint density at radius 3 is 2.50 bits per heavy atom.